The van der Waals surface area contributed by atoms with E-state index in [1.54, 1.807) is 12.1 Å². The summed E-state index contributed by atoms with van der Waals surface area (Å²) in [6.07, 6.45) is 0. The minimum atomic E-state index is -0.428. The zero-order valence-electron chi connectivity index (χ0n) is 14.4. The van der Waals surface area contributed by atoms with Gasteiger partial charge >= 0.3 is 0 Å². The van der Waals surface area contributed by atoms with Gasteiger partial charge in [-0.2, -0.15) is 0 Å². The van der Waals surface area contributed by atoms with Gasteiger partial charge in [0.1, 0.15) is 5.75 Å². The van der Waals surface area contributed by atoms with Gasteiger partial charge in [0.15, 0.2) is 6.61 Å². The Kier molecular flexibility index (Phi) is 6.41. The molecule has 0 aliphatic rings. The van der Waals surface area contributed by atoms with E-state index in [0.717, 1.165) is 9.13 Å². The molecule has 6 heteroatoms. The van der Waals surface area contributed by atoms with E-state index in [0.29, 0.717) is 11.3 Å². The van der Waals surface area contributed by atoms with Gasteiger partial charge in [-0.05, 0) is 51.8 Å². The van der Waals surface area contributed by atoms with Gasteiger partial charge in [-0.3, -0.25) is 20.4 Å². The molecule has 0 heterocycles. The topological polar surface area (TPSA) is 67.4 Å². The highest BCUT2D eigenvalue weighted by Crippen LogP contribution is 2.30. The number of para-hydroxylation sites is 1. The van der Waals surface area contributed by atoms with Crippen molar-refractivity contribution < 1.29 is 14.3 Å². The third-order valence-corrected chi connectivity index (χ3v) is 4.43. The minimum absolute atomic E-state index is 0.0920. The Hall–Kier alpha value is -2.09. The lowest BCUT2D eigenvalue weighted by atomic mass is 9.86. The molecule has 0 spiro atoms. The molecule has 0 unspecified atom stereocenters. The van der Waals surface area contributed by atoms with Crippen molar-refractivity contribution in [3.05, 3.63) is 63.2 Å². The van der Waals surface area contributed by atoms with E-state index in [9.17, 15) is 9.59 Å². The summed E-state index contributed by atoms with van der Waals surface area (Å²) in [5.41, 5.74) is 6.20. The number of hydrazine groups is 1. The largest absolute Gasteiger partial charge is 0.483 e. The molecule has 132 valence electrons. The SMILES string of the molecule is CC(C)(C)c1ccccc1OCC(=O)NNC(=O)c1ccccc1I. The molecule has 0 atom stereocenters. The number of nitrogens with one attached hydrogen (secondary N) is 2. The van der Waals surface area contributed by atoms with Crippen LogP contribution in [0.4, 0.5) is 0 Å². The molecule has 0 saturated carbocycles. The number of amides is 2. The van der Waals surface area contributed by atoms with Gasteiger partial charge in [0.05, 0.1) is 5.56 Å². The molecule has 2 amide bonds. The fourth-order valence-corrected chi connectivity index (χ4v) is 2.86. The zero-order valence-corrected chi connectivity index (χ0v) is 16.6. The molecule has 0 aromatic heterocycles. The van der Waals surface area contributed by atoms with E-state index in [4.69, 9.17) is 4.74 Å². The summed E-state index contributed by atoms with van der Waals surface area (Å²) in [5, 5.41) is 0. The smallest absolute Gasteiger partial charge is 0.276 e. The van der Waals surface area contributed by atoms with Gasteiger partial charge in [-0.1, -0.05) is 51.1 Å². The van der Waals surface area contributed by atoms with Crippen LogP contribution in [0.25, 0.3) is 0 Å². The van der Waals surface area contributed by atoms with Crippen LogP contribution in [0.3, 0.4) is 0 Å². The number of carbonyl (C=O) groups excluding carboxylic acids is 2. The molecule has 2 aromatic carbocycles. The van der Waals surface area contributed by atoms with Crippen molar-refractivity contribution in [1.29, 1.82) is 0 Å². The van der Waals surface area contributed by atoms with E-state index < -0.39 is 5.91 Å². The Balaban J connectivity index is 1.90. The fourth-order valence-electron chi connectivity index (χ4n) is 2.23. The molecule has 0 aliphatic heterocycles. The Morgan fingerprint density at radius 3 is 2.32 bits per heavy atom. The predicted molar refractivity (Wildman–Crippen MR) is 105 cm³/mol. The Labute approximate surface area is 161 Å². The zero-order chi connectivity index (χ0) is 18.4. The van der Waals surface area contributed by atoms with E-state index in [2.05, 4.69) is 54.2 Å². The van der Waals surface area contributed by atoms with Crippen LogP contribution in [0.15, 0.2) is 48.5 Å². The van der Waals surface area contributed by atoms with Crippen molar-refractivity contribution in [3.63, 3.8) is 0 Å². The first kappa shape index (κ1) is 19.2. The Morgan fingerprint density at radius 1 is 1.00 bits per heavy atom. The lowest BCUT2D eigenvalue weighted by Gasteiger charge is -2.22. The highest BCUT2D eigenvalue weighted by molar-refractivity contribution is 14.1. The second kappa shape index (κ2) is 8.33. The first-order valence-corrected chi connectivity index (χ1v) is 8.93. The standard InChI is InChI=1S/C19H21IN2O3/c1-19(2,3)14-9-5-7-11-16(14)25-12-17(23)21-22-18(24)13-8-4-6-10-15(13)20/h4-11H,12H2,1-3H3,(H,21,23)(H,22,24). The fraction of sp³-hybridized carbons (Fsp3) is 0.263. The van der Waals surface area contributed by atoms with Crippen molar-refractivity contribution in [3.8, 4) is 5.75 Å². The molecule has 2 aromatic rings. The summed E-state index contributed by atoms with van der Waals surface area (Å²) in [6.45, 7) is 6.06. The van der Waals surface area contributed by atoms with Crippen molar-refractivity contribution in [2.24, 2.45) is 0 Å². The van der Waals surface area contributed by atoms with Gasteiger partial charge < -0.3 is 4.74 Å². The van der Waals surface area contributed by atoms with Crippen molar-refractivity contribution in [2.45, 2.75) is 26.2 Å². The second-order valence-corrected chi connectivity index (χ2v) is 7.68. The normalized spacial score (nSPS) is 10.9. The van der Waals surface area contributed by atoms with Crippen molar-refractivity contribution in [2.75, 3.05) is 6.61 Å². The van der Waals surface area contributed by atoms with Crippen LogP contribution < -0.4 is 15.6 Å². The van der Waals surface area contributed by atoms with Crippen LogP contribution in [-0.2, 0) is 10.2 Å². The third kappa shape index (κ3) is 5.45. The molecule has 25 heavy (non-hydrogen) atoms. The molecule has 2 N–H and O–H groups in total. The quantitative estimate of drug-likeness (QED) is 0.552. The van der Waals surface area contributed by atoms with Gasteiger partial charge in [0.2, 0.25) is 0 Å². The lowest BCUT2D eigenvalue weighted by molar-refractivity contribution is -0.123. The van der Waals surface area contributed by atoms with Crippen LogP contribution in [-0.4, -0.2) is 18.4 Å². The number of ether oxygens (including phenoxy) is 1. The van der Waals surface area contributed by atoms with E-state index in [1.165, 1.54) is 0 Å². The summed E-state index contributed by atoms with van der Waals surface area (Å²) < 4.78 is 6.43. The number of rotatable bonds is 4. The molecule has 2 rings (SSSR count). The monoisotopic (exact) mass is 452 g/mol. The van der Waals surface area contributed by atoms with Crippen molar-refractivity contribution >= 4 is 34.4 Å². The van der Waals surface area contributed by atoms with E-state index in [1.807, 2.05) is 36.4 Å². The number of hydrogen-bond donors (Lipinski definition) is 2. The average molecular weight is 452 g/mol. The maximum Gasteiger partial charge on any atom is 0.276 e. The second-order valence-electron chi connectivity index (χ2n) is 6.52. The van der Waals surface area contributed by atoms with Crippen LogP contribution in [0.1, 0.15) is 36.7 Å². The first-order valence-electron chi connectivity index (χ1n) is 7.85. The third-order valence-electron chi connectivity index (χ3n) is 3.49. The molecule has 5 nitrogen and oxygen atoms in total. The number of carbonyl (C=O) groups is 2. The Morgan fingerprint density at radius 2 is 1.64 bits per heavy atom. The van der Waals surface area contributed by atoms with Crippen LogP contribution in [0, 0.1) is 3.57 Å². The average Bonchev–Trinajstić information content (AvgIpc) is 2.57. The maximum atomic E-state index is 12.1. The summed E-state index contributed by atoms with van der Waals surface area (Å²) in [5.74, 6) is -0.134. The summed E-state index contributed by atoms with van der Waals surface area (Å²) in [7, 11) is 0. The molecular formula is C19H21IN2O3. The number of benzene rings is 2. The highest BCUT2D eigenvalue weighted by Gasteiger charge is 2.19. The van der Waals surface area contributed by atoms with Crippen molar-refractivity contribution in [1.82, 2.24) is 10.9 Å². The highest BCUT2D eigenvalue weighted by atomic mass is 127. The van der Waals surface area contributed by atoms with E-state index >= 15 is 0 Å². The lowest BCUT2D eigenvalue weighted by Crippen LogP contribution is -2.44. The molecule has 0 bridgehead atoms. The van der Waals surface area contributed by atoms with Gasteiger partial charge in [0.25, 0.3) is 11.8 Å². The molecule has 0 radical (unpaired) electrons. The van der Waals surface area contributed by atoms with Crippen LogP contribution >= 0.6 is 22.6 Å². The first-order chi connectivity index (χ1) is 11.8. The molecule has 0 fully saturated rings. The molecule has 0 saturated heterocycles. The minimum Gasteiger partial charge on any atom is -0.483 e. The van der Waals surface area contributed by atoms with Gasteiger partial charge in [-0.25, -0.2) is 0 Å². The van der Waals surface area contributed by atoms with Crippen LogP contribution in [0.5, 0.6) is 5.75 Å². The maximum absolute atomic E-state index is 12.1. The molecular weight excluding hydrogens is 431 g/mol. The summed E-state index contributed by atoms with van der Waals surface area (Å²) >= 11 is 2.07. The van der Waals surface area contributed by atoms with Gasteiger partial charge in [-0.15, -0.1) is 0 Å². The summed E-state index contributed by atoms with van der Waals surface area (Å²) in [6, 6.07) is 14.7. The van der Waals surface area contributed by atoms with Crippen LogP contribution in [0.2, 0.25) is 0 Å². The predicted octanol–water partition coefficient (Wildman–Crippen LogP) is 3.43. The van der Waals surface area contributed by atoms with Gasteiger partial charge in [0, 0.05) is 3.57 Å². The van der Waals surface area contributed by atoms with E-state index in [-0.39, 0.29) is 17.9 Å². The molecule has 0 aliphatic carbocycles. The Bertz CT molecular complexity index is 769. The number of halogens is 1. The summed E-state index contributed by atoms with van der Waals surface area (Å²) in [4.78, 5) is 24.0. The number of hydrogen-bond acceptors (Lipinski definition) is 3.